The Morgan fingerprint density at radius 3 is 2.81 bits per heavy atom. The minimum atomic E-state index is 0.142. The lowest BCUT2D eigenvalue weighted by Crippen LogP contribution is -2.59. The summed E-state index contributed by atoms with van der Waals surface area (Å²) in [6.45, 7) is 6.25. The van der Waals surface area contributed by atoms with E-state index in [1.54, 1.807) is 0 Å². The Labute approximate surface area is 100 Å². The van der Waals surface area contributed by atoms with E-state index in [9.17, 15) is 0 Å². The van der Waals surface area contributed by atoms with Crippen molar-refractivity contribution in [3.8, 4) is 12.3 Å². The second kappa shape index (κ2) is 6.27. The van der Waals surface area contributed by atoms with Gasteiger partial charge < -0.3 is 11.1 Å². The molecule has 0 aliphatic heterocycles. The highest BCUT2D eigenvalue weighted by Gasteiger charge is 2.40. The number of terminal acetylenes is 1. The molecule has 2 nitrogen and oxygen atoms in total. The maximum atomic E-state index is 6.03. The van der Waals surface area contributed by atoms with Crippen molar-refractivity contribution in [2.75, 3.05) is 13.1 Å². The molecule has 0 aromatic carbocycles. The minimum Gasteiger partial charge on any atom is -0.329 e. The van der Waals surface area contributed by atoms with Gasteiger partial charge in [-0.2, -0.15) is 0 Å². The van der Waals surface area contributed by atoms with E-state index in [2.05, 4.69) is 25.1 Å². The van der Waals surface area contributed by atoms with Gasteiger partial charge in [-0.1, -0.05) is 26.7 Å². The van der Waals surface area contributed by atoms with Gasteiger partial charge in [0.1, 0.15) is 0 Å². The molecule has 3 N–H and O–H groups in total. The van der Waals surface area contributed by atoms with Gasteiger partial charge in [0.2, 0.25) is 0 Å². The van der Waals surface area contributed by atoms with E-state index in [0.29, 0.717) is 11.8 Å². The van der Waals surface area contributed by atoms with Crippen LogP contribution in [0, 0.1) is 24.2 Å². The Kier molecular flexibility index (Phi) is 5.31. The molecular weight excluding hydrogens is 196 g/mol. The van der Waals surface area contributed by atoms with Crippen molar-refractivity contribution in [3.05, 3.63) is 0 Å². The molecule has 0 spiro atoms. The molecule has 1 aliphatic rings. The highest BCUT2D eigenvalue weighted by atomic mass is 15.0. The lowest BCUT2D eigenvalue weighted by Gasteiger charge is -2.46. The van der Waals surface area contributed by atoms with Gasteiger partial charge in [-0.05, 0) is 24.7 Å². The summed E-state index contributed by atoms with van der Waals surface area (Å²) in [5.74, 6) is 4.08. The Hall–Kier alpha value is -0.520. The molecule has 2 atom stereocenters. The highest BCUT2D eigenvalue weighted by Crippen LogP contribution is 2.37. The van der Waals surface area contributed by atoms with E-state index in [1.165, 1.54) is 25.7 Å². The largest absolute Gasteiger partial charge is 0.329 e. The molecule has 16 heavy (non-hydrogen) atoms. The fourth-order valence-corrected chi connectivity index (χ4v) is 3.17. The average molecular weight is 222 g/mol. The molecule has 0 saturated heterocycles. The summed E-state index contributed by atoms with van der Waals surface area (Å²) in [6, 6.07) is 0. The van der Waals surface area contributed by atoms with Gasteiger partial charge in [0, 0.05) is 25.0 Å². The van der Waals surface area contributed by atoms with Crippen molar-refractivity contribution in [2.24, 2.45) is 17.6 Å². The van der Waals surface area contributed by atoms with Crippen LogP contribution < -0.4 is 11.1 Å². The van der Waals surface area contributed by atoms with Gasteiger partial charge in [-0.15, -0.1) is 12.3 Å². The zero-order valence-electron chi connectivity index (χ0n) is 10.8. The van der Waals surface area contributed by atoms with Crippen LogP contribution in [-0.2, 0) is 0 Å². The predicted molar refractivity (Wildman–Crippen MR) is 70.0 cm³/mol. The van der Waals surface area contributed by atoms with E-state index in [0.717, 1.165) is 19.5 Å². The number of hydrogen-bond donors (Lipinski definition) is 2. The molecule has 0 aromatic rings. The summed E-state index contributed by atoms with van der Waals surface area (Å²) in [5.41, 5.74) is 6.18. The predicted octanol–water partition coefficient (Wildman–Crippen LogP) is 2.14. The summed E-state index contributed by atoms with van der Waals surface area (Å²) in [6.07, 6.45) is 11.3. The van der Waals surface area contributed by atoms with Crippen LogP contribution in [0.25, 0.3) is 0 Å². The lowest BCUT2D eigenvalue weighted by atomic mass is 9.68. The van der Waals surface area contributed by atoms with Gasteiger partial charge in [0.05, 0.1) is 0 Å². The van der Waals surface area contributed by atoms with Crippen LogP contribution in [0.2, 0.25) is 0 Å². The fourth-order valence-electron chi connectivity index (χ4n) is 3.17. The molecule has 1 fully saturated rings. The SMILES string of the molecule is C#CCCNC1(CN)CCCCC1C(C)C. The van der Waals surface area contributed by atoms with Crippen molar-refractivity contribution < 1.29 is 0 Å². The Morgan fingerprint density at radius 1 is 1.50 bits per heavy atom. The molecule has 0 bridgehead atoms. The zero-order chi connectivity index (χ0) is 12.0. The lowest BCUT2D eigenvalue weighted by molar-refractivity contribution is 0.110. The normalized spacial score (nSPS) is 30.3. The summed E-state index contributed by atoms with van der Waals surface area (Å²) < 4.78 is 0. The van der Waals surface area contributed by atoms with Crippen LogP contribution in [0.5, 0.6) is 0 Å². The minimum absolute atomic E-state index is 0.142. The summed E-state index contributed by atoms with van der Waals surface area (Å²) in [7, 11) is 0. The van der Waals surface area contributed by atoms with E-state index >= 15 is 0 Å². The Morgan fingerprint density at radius 2 is 2.25 bits per heavy atom. The van der Waals surface area contributed by atoms with Crippen LogP contribution in [0.1, 0.15) is 46.0 Å². The van der Waals surface area contributed by atoms with Gasteiger partial charge in [-0.3, -0.25) is 0 Å². The highest BCUT2D eigenvalue weighted by molar-refractivity contribution is 5.00. The second-order valence-corrected chi connectivity index (χ2v) is 5.34. The van der Waals surface area contributed by atoms with Crippen LogP contribution in [0.15, 0.2) is 0 Å². The number of nitrogens with two attached hydrogens (primary N) is 1. The van der Waals surface area contributed by atoms with Crippen molar-refractivity contribution in [2.45, 2.75) is 51.5 Å². The van der Waals surface area contributed by atoms with Crippen LogP contribution in [0.3, 0.4) is 0 Å². The molecule has 0 amide bonds. The molecule has 1 rings (SSSR count). The monoisotopic (exact) mass is 222 g/mol. The van der Waals surface area contributed by atoms with Gasteiger partial charge >= 0.3 is 0 Å². The molecule has 1 saturated carbocycles. The molecule has 0 radical (unpaired) electrons. The second-order valence-electron chi connectivity index (χ2n) is 5.34. The van der Waals surface area contributed by atoms with Crippen molar-refractivity contribution in [1.82, 2.24) is 5.32 Å². The molecule has 0 aromatic heterocycles. The van der Waals surface area contributed by atoms with Crippen molar-refractivity contribution in [1.29, 1.82) is 0 Å². The third kappa shape index (κ3) is 2.99. The first kappa shape index (κ1) is 13.5. The average Bonchev–Trinajstić information content (AvgIpc) is 2.29. The molecule has 92 valence electrons. The van der Waals surface area contributed by atoms with E-state index in [1.807, 2.05) is 0 Å². The molecule has 1 aliphatic carbocycles. The third-order valence-electron chi connectivity index (χ3n) is 4.01. The first-order valence-electron chi connectivity index (χ1n) is 6.55. The molecule has 2 heteroatoms. The number of hydrogen-bond acceptors (Lipinski definition) is 2. The van der Waals surface area contributed by atoms with E-state index in [4.69, 9.17) is 12.2 Å². The zero-order valence-corrected chi connectivity index (χ0v) is 10.8. The molecular formula is C14H26N2. The van der Waals surface area contributed by atoms with E-state index < -0.39 is 0 Å². The van der Waals surface area contributed by atoms with Gasteiger partial charge in [0.15, 0.2) is 0 Å². The Balaban J connectivity index is 2.68. The van der Waals surface area contributed by atoms with Gasteiger partial charge in [-0.25, -0.2) is 0 Å². The van der Waals surface area contributed by atoms with Crippen LogP contribution in [0.4, 0.5) is 0 Å². The smallest absolute Gasteiger partial charge is 0.0335 e. The van der Waals surface area contributed by atoms with Gasteiger partial charge in [0.25, 0.3) is 0 Å². The quantitative estimate of drug-likeness (QED) is 0.552. The standard InChI is InChI=1S/C14H26N2/c1-4-5-10-16-14(11-15)9-7-6-8-13(14)12(2)3/h1,12-13,16H,5-11,15H2,2-3H3. The molecule has 2 unspecified atom stereocenters. The summed E-state index contributed by atoms with van der Waals surface area (Å²) >= 11 is 0. The van der Waals surface area contributed by atoms with E-state index in [-0.39, 0.29) is 5.54 Å². The maximum absolute atomic E-state index is 6.03. The fraction of sp³-hybridized carbons (Fsp3) is 0.857. The van der Waals surface area contributed by atoms with Crippen LogP contribution in [-0.4, -0.2) is 18.6 Å². The summed E-state index contributed by atoms with van der Waals surface area (Å²) in [4.78, 5) is 0. The topological polar surface area (TPSA) is 38.0 Å². The number of nitrogens with one attached hydrogen (secondary N) is 1. The Bertz CT molecular complexity index is 242. The van der Waals surface area contributed by atoms with Crippen molar-refractivity contribution >= 4 is 0 Å². The first-order chi connectivity index (χ1) is 7.66. The summed E-state index contributed by atoms with van der Waals surface area (Å²) in [5, 5.41) is 3.65. The maximum Gasteiger partial charge on any atom is 0.0335 e. The third-order valence-corrected chi connectivity index (χ3v) is 4.01. The number of rotatable bonds is 5. The molecule has 0 heterocycles. The van der Waals surface area contributed by atoms with Crippen molar-refractivity contribution in [3.63, 3.8) is 0 Å². The van der Waals surface area contributed by atoms with Crippen LogP contribution >= 0.6 is 0 Å². The first-order valence-corrected chi connectivity index (χ1v) is 6.55.